The molecule has 2 aromatic rings. The van der Waals surface area contributed by atoms with Gasteiger partial charge in [-0.1, -0.05) is 43.0 Å². The van der Waals surface area contributed by atoms with Crippen LogP contribution in [0.5, 0.6) is 0 Å². The Bertz CT molecular complexity index is 1300. The number of halogens is 6. The summed E-state index contributed by atoms with van der Waals surface area (Å²) in [5.74, 6) is -0.446. The fourth-order valence-corrected chi connectivity index (χ4v) is 7.79. The molecule has 0 bridgehead atoms. The summed E-state index contributed by atoms with van der Waals surface area (Å²) in [6.07, 6.45) is -1.47. The van der Waals surface area contributed by atoms with Gasteiger partial charge in [0.25, 0.3) is 0 Å². The topological polar surface area (TPSA) is 26.8 Å². The number of amides is 1. The van der Waals surface area contributed by atoms with Crippen LogP contribution in [0, 0.1) is 13.8 Å². The number of carbonyl (C=O) groups excluding carboxylic acids is 1. The molecular weight excluding hydrogens is 592 g/mol. The Morgan fingerprint density at radius 3 is 2.09 bits per heavy atom. The maximum Gasteiger partial charge on any atom is 0.416 e. The van der Waals surface area contributed by atoms with Gasteiger partial charge < -0.3 is 9.80 Å². The van der Waals surface area contributed by atoms with Crippen LogP contribution in [0.4, 0.5) is 26.3 Å². The van der Waals surface area contributed by atoms with Crippen molar-refractivity contribution in [2.24, 2.45) is 0 Å². The van der Waals surface area contributed by atoms with Crippen molar-refractivity contribution in [3.05, 3.63) is 69.8 Å². The highest BCUT2D eigenvalue weighted by Crippen LogP contribution is 2.41. The predicted octanol–water partition coefficient (Wildman–Crippen LogP) is 7.78. The van der Waals surface area contributed by atoms with Gasteiger partial charge in [-0.25, -0.2) is 0 Å². The molecule has 3 aliphatic rings. The lowest BCUT2D eigenvalue weighted by Crippen LogP contribution is -2.53. The van der Waals surface area contributed by atoms with E-state index in [1.807, 2.05) is 6.92 Å². The summed E-state index contributed by atoms with van der Waals surface area (Å²) in [4.78, 5) is 20.4. The molecule has 2 aromatic carbocycles. The average molecular weight is 638 g/mol. The van der Waals surface area contributed by atoms with Crippen molar-refractivity contribution < 1.29 is 31.1 Å². The van der Waals surface area contributed by atoms with Gasteiger partial charge in [0.2, 0.25) is 5.91 Å². The molecule has 1 amide bonds. The van der Waals surface area contributed by atoms with Crippen LogP contribution >= 0.6 is 0 Å². The van der Waals surface area contributed by atoms with E-state index in [1.54, 1.807) is 4.90 Å². The summed E-state index contributed by atoms with van der Waals surface area (Å²) in [6, 6.07) is 8.49. The molecule has 3 fully saturated rings. The minimum absolute atomic E-state index is 0.107. The zero-order valence-corrected chi connectivity index (χ0v) is 26.4. The van der Waals surface area contributed by atoms with Crippen LogP contribution in [0.25, 0.3) is 0 Å². The van der Waals surface area contributed by atoms with Crippen LogP contribution in [-0.2, 0) is 29.0 Å². The van der Waals surface area contributed by atoms with Crippen molar-refractivity contribution in [3.63, 3.8) is 0 Å². The normalized spacial score (nSPS) is 23.0. The van der Waals surface area contributed by atoms with E-state index in [1.165, 1.54) is 37.7 Å². The molecular formula is C35H45F6N3O. The summed E-state index contributed by atoms with van der Waals surface area (Å²) in [5, 5.41) is 0. The second-order valence-corrected chi connectivity index (χ2v) is 13.5. The average Bonchev–Trinajstić information content (AvgIpc) is 3.01. The quantitative estimate of drug-likeness (QED) is 0.290. The minimum atomic E-state index is -4.95. The lowest BCUT2D eigenvalue weighted by atomic mass is 9.69. The lowest BCUT2D eigenvalue weighted by Gasteiger charge is -2.46. The highest BCUT2D eigenvalue weighted by molar-refractivity contribution is 5.79. The van der Waals surface area contributed by atoms with Crippen LogP contribution < -0.4 is 0 Å². The third-order valence-electron chi connectivity index (χ3n) is 10.3. The Labute approximate surface area is 262 Å². The second-order valence-electron chi connectivity index (χ2n) is 13.5. The summed E-state index contributed by atoms with van der Waals surface area (Å²) in [7, 11) is 0. The molecule has 0 aromatic heterocycles. The van der Waals surface area contributed by atoms with Crippen molar-refractivity contribution in [2.75, 3.05) is 45.8 Å². The Hall–Kier alpha value is -2.59. The summed E-state index contributed by atoms with van der Waals surface area (Å²) in [5.41, 5.74) is 0.00218. The number of alkyl halides is 6. The third kappa shape index (κ3) is 8.23. The van der Waals surface area contributed by atoms with Crippen molar-refractivity contribution in [1.82, 2.24) is 14.7 Å². The number of piperidine rings is 1. The van der Waals surface area contributed by atoms with E-state index in [9.17, 15) is 31.1 Å². The maximum atomic E-state index is 13.6. The molecule has 5 rings (SSSR count). The Morgan fingerprint density at radius 2 is 1.47 bits per heavy atom. The molecule has 2 aliphatic heterocycles. The first-order chi connectivity index (χ1) is 21.2. The van der Waals surface area contributed by atoms with Gasteiger partial charge >= 0.3 is 12.4 Å². The van der Waals surface area contributed by atoms with Gasteiger partial charge in [-0.2, -0.15) is 26.3 Å². The first-order valence-electron chi connectivity index (χ1n) is 16.3. The summed E-state index contributed by atoms with van der Waals surface area (Å²) < 4.78 is 80.8. The molecule has 10 heteroatoms. The smallest absolute Gasteiger partial charge is 0.342 e. The van der Waals surface area contributed by atoms with Gasteiger partial charge in [0.1, 0.15) is 0 Å². The number of benzene rings is 2. The van der Waals surface area contributed by atoms with Gasteiger partial charge in [-0.05, 0) is 87.4 Å². The Kier molecular flexibility index (Phi) is 10.2. The Morgan fingerprint density at radius 1 is 0.822 bits per heavy atom. The fourth-order valence-electron chi connectivity index (χ4n) is 7.79. The van der Waals surface area contributed by atoms with E-state index < -0.39 is 35.8 Å². The number of rotatable bonds is 7. The van der Waals surface area contributed by atoms with Crippen LogP contribution in [-0.4, -0.2) is 72.5 Å². The fraction of sp³-hybridized carbons (Fsp3) is 0.629. The highest BCUT2D eigenvalue weighted by Gasteiger charge is 2.41. The zero-order valence-electron chi connectivity index (χ0n) is 26.4. The molecule has 1 unspecified atom stereocenters. The minimum Gasteiger partial charge on any atom is -0.342 e. The SMILES string of the molecule is Cc1ccc(C)c(C2(CCN3CCN(C4CCCCC4)CC3)CCCN(C(=O)Cc3cc(C(F)(F)F)cc(C(F)(F)F)c3)C2)c1. The molecule has 0 spiro atoms. The van der Waals surface area contributed by atoms with Crippen molar-refractivity contribution in [3.8, 4) is 0 Å². The first kappa shape index (κ1) is 33.8. The van der Waals surface area contributed by atoms with Gasteiger partial charge in [0.15, 0.2) is 0 Å². The van der Waals surface area contributed by atoms with Crippen LogP contribution in [0.2, 0.25) is 0 Å². The number of piperazine rings is 1. The predicted molar refractivity (Wildman–Crippen MR) is 163 cm³/mol. The summed E-state index contributed by atoms with van der Waals surface area (Å²) >= 11 is 0. The van der Waals surface area contributed by atoms with Crippen molar-refractivity contribution in [2.45, 2.75) is 95.4 Å². The van der Waals surface area contributed by atoms with Crippen LogP contribution in [0.1, 0.15) is 84.7 Å². The highest BCUT2D eigenvalue weighted by atomic mass is 19.4. The molecule has 1 saturated carbocycles. The van der Waals surface area contributed by atoms with Gasteiger partial charge in [-0.15, -0.1) is 0 Å². The second kappa shape index (κ2) is 13.6. The van der Waals surface area contributed by atoms with Gasteiger partial charge in [0.05, 0.1) is 17.5 Å². The number of carbonyl (C=O) groups is 1. The van der Waals surface area contributed by atoms with E-state index in [0.717, 1.165) is 56.7 Å². The number of hydrogen-bond acceptors (Lipinski definition) is 3. The summed E-state index contributed by atoms with van der Waals surface area (Å²) in [6.45, 7) is 9.92. The molecule has 0 radical (unpaired) electrons. The maximum absolute atomic E-state index is 13.6. The van der Waals surface area contributed by atoms with E-state index in [-0.39, 0.29) is 17.0 Å². The largest absolute Gasteiger partial charge is 0.416 e. The molecule has 1 atom stereocenters. The van der Waals surface area contributed by atoms with Gasteiger partial charge in [0, 0.05) is 50.7 Å². The zero-order chi connectivity index (χ0) is 32.4. The molecule has 4 nitrogen and oxygen atoms in total. The van der Waals surface area contributed by atoms with E-state index in [0.29, 0.717) is 37.7 Å². The molecule has 1 aliphatic carbocycles. The molecule has 2 saturated heterocycles. The van der Waals surface area contributed by atoms with Crippen LogP contribution in [0.15, 0.2) is 36.4 Å². The molecule has 45 heavy (non-hydrogen) atoms. The van der Waals surface area contributed by atoms with Crippen molar-refractivity contribution in [1.29, 1.82) is 0 Å². The standard InChI is InChI=1S/C35H45F6N3O/c1-25-9-10-26(2)31(19-25)33(12-14-42-15-17-43(18-16-42)30-7-4-3-5-8-30)11-6-13-44(24-33)32(45)22-27-20-28(34(36,37)38)23-29(21-27)35(39,40)41/h9-10,19-21,23,30H,3-8,11-18,22,24H2,1-2H3. The van der Waals surface area contributed by atoms with E-state index >= 15 is 0 Å². The molecule has 2 heterocycles. The number of aryl methyl sites for hydroxylation is 2. The number of likely N-dealkylation sites (tertiary alicyclic amines) is 1. The monoisotopic (exact) mass is 637 g/mol. The van der Waals surface area contributed by atoms with E-state index in [2.05, 4.69) is 34.9 Å². The van der Waals surface area contributed by atoms with Crippen molar-refractivity contribution >= 4 is 5.91 Å². The molecule has 248 valence electrons. The van der Waals surface area contributed by atoms with E-state index in [4.69, 9.17) is 0 Å². The van der Waals surface area contributed by atoms with Gasteiger partial charge in [-0.3, -0.25) is 9.69 Å². The number of hydrogen-bond donors (Lipinski definition) is 0. The Balaban J connectivity index is 1.33. The third-order valence-corrected chi connectivity index (χ3v) is 10.3. The molecule has 0 N–H and O–H groups in total. The lowest BCUT2D eigenvalue weighted by molar-refractivity contribution is -0.143. The first-order valence-corrected chi connectivity index (χ1v) is 16.3. The van der Waals surface area contributed by atoms with Crippen LogP contribution in [0.3, 0.4) is 0 Å². The number of nitrogens with zero attached hydrogens (tertiary/aromatic N) is 3.